The second kappa shape index (κ2) is 7.08. The minimum absolute atomic E-state index is 0.0938. The van der Waals surface area contributed by atoms with Crippen LogP contribution in [0.25, 0.3) is 0 Å². The Morgan fingerprint density at radius 1 is 1.25 bits per heavy atom. The molecule has 0 aliphatic carbocycles. The van der Waals surface area contributed by atoms with Gasteiger partial charge in [-0.3, -0.25) is 4.79 Å². The number of carbonyl (C=O) groups excluding carboxylic acids is 2. The molecule has 0 aliphatic rings. The second-order valence-electron chi connectivity index (χ2n) is 5.99. The summed E-state index contributed by atoms with van der Waals surface area (Å²) in [6.45, 7) is 7.85. The molecule has 1 aromatic carbocycles. The Bertz CT molecular complexity index is 475. The number of esters is 1. The summed E-state index contributed by atoms with van der Waals surface area (Å²) >= 11 is 0. The van der Waals surface area contributed by atoms with Crippen LogP contribution in [0.1, 0.15) is 39.7 Å². The number of amides is 1. The van der Waals surface area contributed by atoms with Crippen LogP contribution in [-0.4, -0.2) is 18.4 Å². The first-order valence-corrected chi connectivity index (χ1v) is 6.86. The molecular weight excluding hydrogens is 254 g/mol. The number of benzene rings is 1. The van der Waals surface area contributed by atoms with E-state index in [0.717, 1.165) is 12.0 Å². The lowest BCUT2D eigenvalue weighted by Gasteiger charge is -2.17. The molecule has 20 heavy (non-hydrogen) atoms. The van der Waals surface area contributed by atoms with Crippen LogP contribution in [-0.2, 0) is 16.0 Å². The molecule has 0 bridgehead atoms. The monoisotopic (exact) mass is 277 g/mol. The van der Waals surface area contributed by atoms with E-state index in [9.17, 15) is 9.59 Å². The van der Waals surface area contributed by atoms with Gasteiger partial charge in [0.2, 0.25) is 5.91 Å². The van der Waals surface area contributed by atoms with Crippen molar-refractivity contribution >= 4 is 11.9 Å². The highest BCUT2D eigenvalue weighted by Crippen LogP contribution is 2.17. The Labute approximate surface area is 120 Å². The van der Waals surface area contributed by atoms with E-state index in [0.29, 0.717) is 12.2 Å². The summed E-state index contributed by atoms with van der Waals surface area (Å²) < 4.78 is 5.18. The number of ether oxygens (including phenoxy) is 1. The van der Waals surface area contributed by atoms with Crippen molar-refractivity contribution < 1.29 is 14.3 Å². The van der Waals surface area contributed by atoms with Crippen LogP contribution in [0.15, 0.2) is 24.3 Å². The zero-order chi connectivity index (χ0) is 15.2. The van der Waals surface area contributed by atoms with Crippen molar-refractivity contribution in [2.45, 2.75) is 40.5 Å². The molecule has 0 aliphatic heterocycles. The summed E-state index contributed by atoms with van der Waals surface area (Å²) in [4.78, 5) is 23.2. The first kappa shape index (κ1) is 16.2. The van der Waals surface area contributed by atoms with E-state index in [1.807, 2.05) is 45.9 Å². The summed E-state index contributed by atoms with van der Waals surface area (Å²) in [6.07, 6.45) is 1.26. The average molecular weight is 277 g/mol. The highest BCUT2D eigenvalue weighted by Gasteiger charge is 2.16. The van der Waals surface area contributed by atoms with Crippen LogP contribution >= 0.6 is 0 Å². The van der Waals surface area contributed by atoms with Crippen molar-refractivity contribution in [2.24, 2.45) is 5.41 Å². The van der Waals surface area contributed by atoms with Gasteiger partial charge in [-0.05, 0) is 29.5 Å². The van der Waals surface area contributed by atoms with Crippen molar-refractivity contribution in [3.63, 3.8) is 0 Å². The number of carbonyl (C=O) groups is 2. The quantitative estimate of drug-likeness (QED) is 0.665. The Morgan fingerprint density at radius 3 is 2.55 bits per heavy atom. The summed E-state index contributed by atoms with van der Waals surface area (Å²) in [6, 6.07) is 7.38. The number of hydrogen-bond donors (Lipinski definition) is 1. The smallest absolute Gasteiger partial charge is 0.330 e. The molecule has 4 heteroatoms. The Hall–Kier alpha value is -1.84. The second-order valence-corrected chi connectivity index (χ2v) is 5.99. The van der Waals surface area contributed by atoms with Gasteiger partial charge in [-0.2, -0.15) is 0 Å². The van der Waals surface area contributed by atoms with E-state index >= 15 is 0 Å². The minimum atomic E-state index is -0.458. The van der Waals surface area contributed by atoms with Crippen molar-refractivity contribution in [1.29, 1.82) is 0 Å². The molecule has 0 fully saturated rings. The number of nitrogens with one attached hydrogen (secondary N) is 1. The summed E-state index contributed by atoms with van der Waals surface area (Å²) in [5.41, 5.74) is 1.01. The number of rotatable bonds is 5. The maximum Gasteiger partial charge on any atom is 0.330 e. The lowest BCUT2D eigenvalue weighted by Crippen LogP contribution is -2.33. The molecule has 4 nitrogen and oxygen atoms in total. The van der Waals surface area contributed by atoms with Crippen LogP contribution in [0.4, 0.5) is 0 Å². The van der Waals surface area contributed by atoms with E-state index in [4.69, 9.17) is 4.74 Å². The van der Waals surface area contributed by atoms with Gasteiger partial charge in [0.05, 0.1) is 0 Å². The molecule has 0 atom stereocenters. The molecule has 0 saturated heterocycles. The lowest BCUT2D eigenvalue weighted by molar-refractivity contribution is -0.136. The summed E-state index contributed by atoms with van der Waals surface area (Å²) in [5.74, 6) is -0.0864. The Kier molecular flexibility index (Phi) is 5.74. The van der Waals surface area contributed by atoms with E-state index in [-0.39, 0.29) is 17.9 Å². The van der Waals surface area contributed by atoms with Gasteiger partial charge < -0.3 is 10.1 Å². The molecule has 1 N–H and O–H groups in total. The fourth-order valence-electron chi connectivity index (χ4n) is 1.71. The fraction of sp³-hybridized carbons (Fsp3) is 0.500. The zero-order valence-corrected chi connectivity index (χ0v) is 12.7. The SMILES string of the molecule is CCc1cccc(OC(=O)CNC(=O)CC(C)(C)C)c1. The minimum Gasteiger partial charge on any atom is -0.425 e. The van der Waals surface area contributed by atoms with Gasteiger partial charge >= 0.3 is 5.97 Å². The summed E-state index contributed by atoms with van der Waals surface area (Å²) in [5, 5.41) is 2.57. The van der Waals surface area contributed by atoms with E-state index in [2.05, 4.69) is 5.32 Å². The summed E-state index contributed by atoms with van der Waals surface area (Å²) in [7, 11) is 0. The maximum atomic E-state index is 11.6. The van der Waals surface area contributed by atoms with E-state index < -0.39 is 5.97 Å². The van der Waals surface area contributed by atoms with E-state index in [1.54, 1.807) is 6.07 Å². The van der Waals surface area contributed by atoms with Crippen molar-refractivity contribution in [3.05, 3.63) is 29.8 Å². The van der Waals surface area contributed by atoms with Crippen LogP contribution in [0.2, 0.25) is 0 Å². The molecule has 0 radical (unpaired) electrons. The third kappa shape index (κ3) is 6.36. The fourth-order valence-corrected chi connectivity index (χ4v) is 1.71. The normalized spacial score (nSPS) is 11.0. The molecule has 0 spiro atoms. The highest BCUT2D eigenvalue weighted by molar-refractivity contribution is 5.83. The van der Waals surface area contributed by atoms with Gasteiger partial charge in [0, 0.05) is 6.42 Å². The molecular formula is C16H23NO3. The van der Waals surface area contributed by atoms with Gasteiger partial charge in [-0.1, -0.05) is 39.8 Å². The average Bonchev–Trinajstić information content (AvgIpc) is 2.34. The molecule has 1 rings (SSSR count). The molecule has 0 heterocycles. The first-order chi connectivity index (χ1) is 9.30. The van der Waals surface area contributed by atoms with Crippen LogP contribution in [0.5, 0.6) is 5.75 Å². The lowest BCUT2D eigenvalue weighted by atomic mass is 9.92. The van der Waals surface area contributed by atoms with Crippen LogP contribution in [0, 0.1) is 5.41 Å². The molecule has 1 amide bonds. The largest absolute Gasteiger partial charge is 0.425 e. The zero-order valence-electron chi connectivity index (χ0n) is 12.7. The Morgan fingerprint density at radius 2 is 1.95 bits per heavy atom. The standard InChI is InChI=1S/C16H23NO3/c1-5-12-7-6-8-13(9-12)20-15(19)11-17-14(18)10-16(2,3)4/h6-9H,5,10-11H2,1-4H3,(H,17,18). The topological polar surface area (TPSA) is 55.4 Å². The van der Waals surface area contributed by atoms with E-state index in [1.165, 1.54) is 0 Å². The van der Waals surface area contributed by atoms with Crippen molar-refractivity contribution in [2.75, 3.05) is 6.54 Å². The number of aryl methyl sites for hydroxylation is 1. The molecule has 110 valence electrons. The molecule has 1 aromatic rings. The third-order valence-electron chi connectivity index (χ3n) is 2.66. The first-order valence-electron chi connectivity index (χ1n) is 6.86. The van der Waals surface area contributed by atoms with Gasteiger partial charge in [0.15, 0.2) is 0 Å². The molecule has 0 aromatic heterocycles. The third-order valence-corrected chi connectivity index (χ3v) is 2.66. The molecule has 0 unspecified atom stereocenters. The van der Waals surface area contributed by atoms with Gasteiger partial charge in [-0.25, -0.2) is 4.79 Å². The predicted octanol–water partition coefficient (Wildman–Crippen LogP) is 2.71. The van der Waals surface area contributed by atoms with Gasteiger partial charge in [0.1, 0.15) is 12.3 Å². The molecule has 0 saturated carbocycles. The van der Waals surface area contributed by atoms with Crippen LogP contribution < -0.4 is 10.1 Å². The van der Waals surface area contributed by atoms with Gasteiger partial charge in [-0.15, -0.1) is 0 Å². The predicted molar refractivity (Wildman–Crippen MR) is 78.5 cm³/mol. The van der Waals surface area contributed by atoms with Crippen molar-refractivity contribution in [3.8, 4) is 5.75 Å². The van der Waals surface area contributed by atoms with Gasteiger partial charge in [0.25, 0.3) is 0 Å². The number of hydrogen-bond acceptors (Lipinski definition) is 3. The maximum absolute atomic E-state index is 11.6. The highest BCUT2D eigenvalue weighted by atomic mass is 16.5. The van der Waals surface area contributed by atoms with Crippen molar-refractivity contribution in [1.82, 2.24) is 5.32 Å². The van der Waals surface area contributed by atoms with Crippen LogP contribution in [0.3, 0.4) is 0 Å². The Balaban J connectivity index is 2.42.